The Hall–Kier alpha value is -3.71. The molecule has 0 aliphatic carbocycles. The molecule has 0 aliphatic heterocycles. The first-order valence-electron chi connectivity index (χ1n) is 11.6. The van der Waals surface area contributed by atoms with E-state index >= 15 is 0 Å². The highest BCUT2D eigenvalue weighted by molar-refractivity contribution is 5.93. The highest BCUT2D eigenvalue weighted by Gasteiger charge is 2.22. The molecule has 0 radical (unpaired) electrons. The number of amides is 3. The second kappa shape index (κ2) is 12.5. The highest BCUT2D eigenvalue weighted by atomic mass is 16.2. The van der Waals surface area contributed by atoms with E-state index in [9.17, 15) is 14.4 Å². The predicted octanol–water partition coefficient (Wildman–Crippen LogP) is 2.78. The normalized spacial score (nSPS) is 11.6. The molecule has 0 saturated heterocycles. The minimum Gasteiger partial charge on any atom is -0.354 e. The van der Waals surface area contributed by atoms with Crippen molar-refractivity contribution < 1.29 is 14.4 Å². The molecule has 3 aromatic carbocycles. The number of anilines is 1. The zero-order valence-corrected chi connectivity index (χ0v) is 19.5. The number of carbonyl (C=O) groups is 3. The van der Waals surface area contributed by atoms with Crippen LogP contribution in [-0.2, 0) is 20.8 Å². The van der Waals surface area contributed by atoms with Gasteiger partial charge in [-0.3, -0.25) is 14.4 Å². The van der Waals surface area contributed by atoms with Gasteiger partial charge in [0.15, 0.2) is 0 Å². The van der Waals surface area contributed by atoms with Crippen LogP contribution >= 0.6 is 0 Å². The minimum absolute atomic E-state index is 0.0821. The summed E-state index contributed by atoms with van der Waals surface area (Å²) in [7, 11) is 0. The van der Waals surface area contributed by atoms with Crippen molar-refractivity contribution in [3.05, 3.63) is 78.4 Å². The maximum Gasteiger partial charge on any atom is 0.242 e. The molecule has 0 fully saturated rings. The lowest BCUT2D eigenvalue weighted by Gasteiger charge is -2.22. The Bertz CT molecular complexity index is 1120. The van der Waals surface area contributed by atoms with E-state index in [4.69, 9.17) is 5.73 Å². The number of fused-ring (bicyclic) bond motifs is 1. The molecule has 0 heterocycles. The third kappa shape index (κ3) is 7.15. The first-order valence-corrected chi connectivity index (χ1v) is 11.6. The van der Waals surface area contributed by atoms with Crippen molar-refractivity contribution in [3.63, 3.8) is 0 Å². The zero-order valence-electron chi connectivity index (χ0n) is 19.5. The summed E-state index contributed by atoms with van der Waals surface area (Å²) in [6.45, 7) is 2.62. The Labute approximate surface area is 200 Å². The van der Waals surface area contributed by atoms with Gasteiger partial charge in [-0.15, -0.1) is 0 Å². The number of hydrogen-bond donors (Lipinski definition) is 3. The van der Waals surface area contributed by atoms with Crippen LogP contribution in [0.4, 0.5) is 5.69 Å². The van der Waals surface area contributed by atoms with Gasteiger partial charge >= 0.3 is 0 Å². The maximum atomic E-state index is 12.9. The molecule has 178 valence electrons. The standard InChI is InChI=1S/C27H32N4O3/c1-20(32)31(24-10-3-2-4-11-24)17-14-26(33)30-25(27(34)29-16-7-15-28)19-21-12-13-22-8-5-6-9-23(22)18-21/h2-6,8-13,18,25H,7,14-17,19,28H2,1H3,(H,29,34)(H,30,33)/t25-/m1/s1. The summed E-state index contributed by atoms with van der Waals surface area (Å²) in [6.07, 6.45) is 1.10. The van der Waals surface area contributed by atoms with Crippen molar-refractivity contribution in [3.8, 4) is 0 Å². The van der Waals surface area contributed by atoms with Gasteiger partial charge in [-0.05, 0) is 41.4 Å². The van der Waals surface area contributed by atoms with Crippen LogP contribution in [-0.4, -0.2) is 43.4 Å². The zero-order chi connectivity index (χ0) is 24.3. The van der Waals surface area contributed by atoms with Gasteiger partial charge in [-0.1, -0.05) is 60.7 Å². The van der Waals surface area contributed by atoms with Gasteiger partial charge in [0.25, 0.3) is 0 Å². The van der Waals surface area contributed by atoms with E-state index in [1.807, 2.05) is 72.8 Å². The van der Waals surface area contributed by atoms with Crippen molar-refractivity contribution in [2.75, 3.05) is 24.5 Å². The second-order valence-electron chi connectivity index (χ2n) is 8.20. The van der Waals surface area contributed by atoms with Crippen LogP contribution in [0.15, 0.2) is 72.8 Å². The molecule has 1 atom stereocenters. The molecular weight excluding hydrogens is 428 g/mol. The number of nitrogens with two attached hydrogens (primary N) is 1. The van der Waals surface area contributed by atoms with Gasteiger partial charge in [0.1, 0.15) is 6.04 Å². The lowest BCUT2D eigenvalue weighted by molar-refractivity contribution is -0.129. The molecule has 0 spiro atoms. The van der Waals surface area contributed by atoms with E-state index < -0.39 is 6.04 Å². The Morgan fingerprint density at radius 3 is 2.35 bits per heavy atom. The number of rotatable bonds is 11. The predicted molar refractivity (Wildman–Crippen MR) is 135 cm³/mol. The summed E-state index contributed by atoms with van der Waals surface area (Å²) in [6, 6.07) is 22.5. The average molecular weight is 461 g/mol. The van der Waals surface area contributed by atoms with Crippen LogP contribution in [0.25, 0.3) is 10.8 Å². The Kier molecular flexibility index (Phi) is 9.17. The van der Waals surface area contributed by atoms with Crippen LogP contribution in [0.5, 0.6) is 0 Å². The summed E-state index contributed by atoms with van der Waals surface area (Å²) in [4.78, 5) is 39.3. The molecule has 3 rings (SSSR count). The van der Waals surface area contributed by atoms with E-state index in [-0.39, 0.29) is 30.7 Å². The van der Waals surface area contributed by atoms with Gasteiger partial charge in [0, 0.05) is 38.5 Å². The summed E-state index contributed by atoms with van der Waals surface area (Å²) < 4.78 is 0. The summed E-state index contributed by atoms with van der Waals surface area (Å²) >= 11 is 0. The molecule has 7 nitrogen and oxygen atoms in total. The molecular formula is C27H32N4O3. The van der Waals surface area contributed by atoms with Crippen LogP contribution in [0.2, 0.25) is 0 Å². The van der Waals surface area contributed by atoms with E-state index in [0.29, 0.717) is 25.9 Å². The van der Waals surface area contributed by atoms with Crippen molar-refractivity contribution in [1.29, 1.82) is 0 Å². The van der Waals surface area contributed by atoms with Gasteiger partial charge in [0.2, 0.25) is 17.7 Å². The molecule has 3 aromatic rings. The molecule has 0 aromatic heterocycles. The van der Waals surface area contributed by atoms with Gasteiger partial charge in [-0.25, -0.2) is 0 Å². The van der Waals surface area contributed by atoms with Crippen molar-refractivity contribution in [2.45, 2.75) is 32.2 Å². The topological polar surface area (TPSA) is 105 Å². The maximum absolute atomic E-state index is 12.9. The fraction of sp³-hybridized carbons (Fsp3) is 0.296. The number of carbonyl (C=O) groups excluding carboxylic acids is 3. The minimum atomic E-state index is -0.728. The number of nitrogens with one attached hydrogen (secondary N) is 2. The molecule has 0 bridgehead atoms. The Morgan fingerprint density at radius 1 is 0.941 bits per heavy atom. The summed E-state index contributed by atoms with van der Waals surface area (Å²) in [5.41, 5.74) is 7.22. The molecule has 0 aliphatic rings. The van der Waals surface area contributed by atoms with Crippen LogP contribution < -0.4 is 21.3 Å². The summed E-state index contributed by atoms with van der Waals surface area (Å²) in [5, 5.41) is 7.92. The van der Waals surface area contributed by atoms with Gasteiger partial charge < -0.3 is 21.3 Å². The molecule has 3 amide bonds. The Balaban J connectivity index is 1.68. The first kappa shape index (κ1) is 24.9. The number of benzene rings is 3. The lowest BCUT2D eigenvalue weighted by atomic mass is 10.0. The van der Waals surface area contributed by atoms with E-state index in [1.165, 1.54) is 6.92 Å². The largest absolute Gasteiger partial charge is 0.354 e. The van der Waals surface area contributed by atoms with Crippen molar-refractivity contribution >= 4 is 34.2 Å². The third-order valence-corrected chi connectivity index (χ3v) is 5.60. The number of nitrogens with zero attached hydrogens (tertiary/aromatic N) is 1. The highest BCUT2D eigenvalue weighted by Crippen LogP contribution is 2.17. The third-order valence-electron chi connectivity index (χ3n) is 5.60. The molecule has 0 unspecified atom stereocenters. The number of para-hydroxylation sites is 1. The first-order chi connectivity index (χ1) is 16.5. The van der Waals surface area contributed by atoms with Crippen LogP contribution in [0.1, 0.15) is 25.3 Å². The van der Waals surface area contributed by atoms with E-state index in [0.717, 1.165) is 22.0 Å². The second-order valence-corrected chi connectivity index (χ2v) is 8.20. The lowest BCUT2D eigenvalue weighted by Crippen LogP contribution is -2.49. The van der Waals surface area contributed by atoms with E-state index in [2.05, 4.69) is 10.6 Å². The molecule has 0 saturated carbocycles. The quantitative estimate of drug-likeness (QED) is 0.383. The van der Waals surface area contributed by atoms with Gasteiger partial charge in [0.05, 0.1) is 0 Å². The van der Waals surface area contributed by atoms with Crippen LogP contribution in [0.3, 0.4) is 0 Å². The fourth-order valence-corrected chi connectivity index (χ4v) is 3.80. The van der Waals surface area contributed by atoms with Crippen molar-refractivity contribution in [1.82, 2.24) is 10.6 Å². The van der Waals surface area contributed by atoms with Gasteiger partial charge in [-0.2, -0.15) is 0 Å². The van der Waals surface area contributed by atoms with Crippen LogP contribution in [0, 0.1) is 0 Å². The Morgan fingerprint density at radius 2 is 1.65 bits per heavy atom. The van der Waals surface area contributed by atoms with E-state index in [1.54, 1.807) is 4.90 Å². The monoisotopic (exact) mass is 460 g/mol. The smallest absolute Gasteiger partial charge is 0.242 e. The molecule has 4 N–H and O–H groups in total. The number of hydrogen-bond acceptors (Lipinski definition) is 4. The summed E-state index contributed by atoms with van der Waals surface area (Å²) in [5.74, 6) is -0.686. The SMILES string of the molecule is CC(=O)N(CCC(=O)N[C@H](Cc1ccc2ccccc2c1)C(=O)NCCCN)c1ccccc1. The molecule has 7 heteroatoms. The molecule has 34 heavy (non-hydrogen) atoms. The fourth-order valence-electron chi connectivity index (χ4n) is 3.80. The average Bonchev–Trinajstić information content (AvgIpc) is 2.84. The van der Waals surface area contributed by atoms with Crippen molar-refractivity contribution in [2.24, 2.45) is 5.73 Å².